The Hall–Kier alpha value is -1.04. The smallest absolute Gasteiger partial charge is 0.0262 e. The highest BCUT2D eigenvalue weighted by atomic mass is 14.1. The van der Waals surface area contributed by atoms with Gasteiger partial charge in [-0.2, -0.15) is 0 Å². The Labute approximate surface area is 94.0 Å². The summed E-state index contributed by atoms with van der Waals surface area (Å²) in [6, 6.07) is 10.3. The summed E-state index contributed by atoms with van der Waals surface area (Å²) in [5, 5.41) is 0. The average Bonchev–Trinajstić information content (AvgIpc) is 2.25. The maximum absolute atomic E-state index is 2.33. The summed E-state index contributed by atoms with van der Waals surface area (Å²) in [4.78, 5) is 0. The van der Waals surface area contributed by atoms with Crippen LogP contribution in [0.15, 0.2) is 42.5 Å². The maximum Gasteiger partial charge on any atom is -0.0262 e. The van der Waals surface area contributed by atoms with Crippen LogP contribution in [-0.4, -0.2) is 0 Å². The lowest BCUT2D eigenvalue weighted by molar-refractivity contribution is 0.502. The van der Waals surface area contributed by atoms with Gasteiger partial charge in [0.05, 0.1) is 0 Å². The van der Waals surface area contributed by atoms with Crippen LogP contribution in [-0.2, 0) is 0 Å². The van der Waals surface area contributed by atoms with E-state index in [1.165, 1.54) is 18.4 Å². The lowest BCUT2D eigenvalue weighted by Gasteiger charge is -2.15. The first-order valence-electron chi connectivity index (χ1n) is 5.88. The van der Waals surface area contributed by atoms with Gasteiger partial charge in [-0.25, -0.2) is 0 Å². The van der Waals surface area contributed by atoms with Crippen molar-refractivity contribution in [2.75, 3.05) is 0 Å². The molecular formula is C15H22. The van der Waals surface area contributed by atoms with E-state index >= 15 is 0 Å². The van der Waals surface area contributed by atoms with E-state index in [1.807, 2.05) is 18.2 Å². The molecule has 2 rings (SSSR count). The molecule has 0 saturated heterocycles. The van der Waals surface area contributed by atoms with Crippen LogP contribution in [0.4, 0.5) is 0 Å². The van der Waals surface area contributed by atoms with Gasteiger partial charge in [0.2, 0.25) is 0 Å². The third-order valence-corrected chi connectivity index (χ3v) is 2.79. The van der Waals surface area contributed by atoms with Crippen molar-refractivity contribution in [3.63, 3.8) is 0 Å². The van der Waals surface area contributed by atoms with E-state index in [4.69, 9.17) is 0 Å². The highest BCUT2D eigenvalue weighted by molar-refractivity contribution is 5.11. The molecule has 0 fully saturated rings. The molecule has 0 heteroatoms. The van der Waals surface area contributed by atoms with Gasteiger partial charge in [-0.1, -0.05) is 61.9 Å². The predicted molar refractivity (Wildman–Crippen MR) is 67.9 cm³/mol. The second-order valence-corrected chi connectivity index (χ2v) is 4.57. The van der Waals surface area contributed by atoms with Crippen molar-refractivity contribution in [1.82, 2.24) is 0 Å². The molecule has 0 nitrogen and oxygen atoms in total. The molecule has 0 heterocycles. The van der Waals surface area contributed by atoms with Gasteiger partial charge in [0.15, 0.2) is 0 Å². The summed E-state index contributed by atoms with van der Waals surface area (Å²) in [7, 11) is 0. The van der Waals surface area contributed by atoms with Gasteiger partial charge in [0.25, 0.3) is 0 Å². The van der Waals surface area contributed by atoms with Crippen LogP contribution in [0, 0.1) is 18.8 Å². The van der Waals surface area contributed by atoms with E-state index in [0.29, 0.717) is 0 Å². The van der Waals surface area contributed by atoms with Crippen molar-refractivity contribution < 1.29 is 0 Å². The van der Waals surface area contributed by atoms with Crippen molar-refractivity contribution in [2.45, 2.75) is 33.6 Å². The molecule has 1 aromatic rings. The fourth-order valence-corrected chi connectivity index (χ4v) is 1.63. The number of hydrogen-bond donors (Lipinski definition) is 0. The van der Waals surface area contributed by atoms with Crippen LogP contribution in [0.1, 0.15) is 32.3 Å². The number of rotatable bonds is 0. The van der Waals surface area contributed by atoms with Gasteiger partial charge in [0, 0.05) is 0 Å². The number of benzene rings is 1. The normalized spacial score (nSPS) is 24.2. The van der Waals surface area contributed by atoms with Crippen molar-refractivity contribution in [1.29, 1.82) is 0 Å². The molecule has 0 aromatic heterocycles. The van der Waals surface area contributed by atoms with Crippen LogP contribution in [0.2, 0.25) is 0 Å². The van der Waals surface area contributed by atoms with E-state index < -0.39 is 0 Å². The maximum atomic E-state index is 2.33. The quantitative estimate of drug-likeness (QED) is 0.539. The Morgan fingerprint density at radius 1 is 0.867 bits per heavy atom. The van der Waals surface area contributed by atoms with E-state index in [-0.39, 0.29) is 0 Å². The van der Waals surface area contributed by atoms with Gasteiger partial charge < -0.3 is 0 Å². The Kier molecular flexibility index (Phi) is 5.17. The van der Waals surface area contributed by atoms with Gasteiger partial charge >= 0.3 is 0 Å². The summed E-state index contributed by atoms with van der Waals surface area (Å²) in [5.74, 6) is 1.68. The zero-order valence-electron chi connectivity index (χ0n) is 10.1. The first-order valence-corrected chi connectivity index (χ1v) is 5.88. The second kappa shape index (κ2) is 6.44. The number of allylic oxidation sites excluding steroid dienone is 2. The molecule has 0 radical (unpaired) electrons. The number of hydrogen-bond acceptors (Lipinski definition) is 0. The van der Waals surface area contributed by atoms with E-state index in [1.54, 1.807) is 0 Å². The molecule has 0 N–H and O–H groups in total. The molecular weight excluding hydrogens is 180 g/mol. The van der Waals surface area contributed by atoms with Crippen LogP contribution in [0.3, 0.4) is 0 Å². The molecule has 15 heavy (non-hydrogen) atoms. The topological polar surface area (TPSA) is 0 Å². The van der Waals surface area contributed by atoms with Crippen molar-refractivity contribution in [2.24, 2.45) is 11.8 Å². The fourth-order valence-electron chi connectivity index (χ4n) is 1.63. The van der Waals surface area contributed by atoms with Crippen molar-refractivity contribution in [3.8, 4) is 0 Å². The molecule has 0 amide bonds. The van der Waals surface area contributed by atoms with Gasteiger partial charge in [-0.05, 0) is 31.6 Å². The summed E-state index contributed by atoms with van der Waals surface area (Å²) in [6.45, 7) is 6.64. The molecule has 1 aliphatic carbocycles. The van der Waals surface area contributed by atoms with Crippen LogP contribution in [0.5, 0.6) is 0 Å². The SMILES string of the molecule is CC1C=CC(C)CC1.Cc1ccccc1. The highest BCUT2D eigenvalue weighted by Crippen LogP contribution is 2.20. The molecule has 2 atom stereocenters. The minimum atomic E-state index is 0.839. The zero-order valence-corrected chi connectivity index (χ0v) is 10.1. The summed E-state index contributed by atoms with van der Waals surface area (Å²) >= 11 is 0. The van der Waals surface area contributed by atoms with Crippen molar-refractivity contribution >= 4 is 0 Å². The third kappa shape index (κ3) is 5.41. The summed E-state index contributed by atoms with van der Waals surface area (Å²) in [5.41, 5.74) is 1.32. The molecule has 0 saturated carbocycles. The predicted octanol–water partition coefficient (Wildman–Crippen LogP) is 4.60. The molecule has 0 spiro atoms. The Bertz CT molecular complexity index is 272. The molecule has 2 unspecified atom stereocenters. The first-order chi connectivity index (χ1) is 7.18. The Morgan fingerprint density at radius 2 is 1.33 bits per heavy atom. The minimum absolute atomic E-state index is 0.839. The van der Waals surface area contributed by atoms with E-state index in [9.17, 15) is 0 Å². The highest BCUT2D eigenvalue weighted by Gasteiger charge is 2.06. The van der Waals surface area contributed by atoms with E-state index in [2.05, 4.69) is 45.1 Å². The fraction of sp³-hybridized carbons (Fsp3) is 0.467. The number of aryl methyl sites for hydroxylation is 1. The molecule has 1 aliphatic rings. The lowest BCUT2D eigenvalue weighted by atomic mass is 9.91. The standard InChI is InChI=1S/C8H14.C7H8/c1-7-3-5-8(2)6-4-7;1-7-5-3-2-4-6-7/h3,5,7-8H,4,6H2,1-2H3;2-6H,1H3. The third-order valence-electron chi connectivity index (χ3n) is 2.79. The Morgan fingerprint density at radius 3 is 1.60 bits per heavy atom. The van der Waals surface area contributed by atoms with E-state index in [0.717, 1.165) is 11.8 Å². The van der Waals surface area contributed by atoms with Gasteiger partial charge in [-0.15, -0.1) is 0 Å². The average molecular weight is 202 g/mol. The lowest BCUT2D eigenvalue weighted by Crippen LogP contribution is -2.01. The monoisotopic (exact) mass is 202 g/mol. The van der Waals surface area contributed by atoms with Crippen LogP contribution < -0.4 is 0 Å². The molecule has 1 aromatic carbocycles. The summed E-state index contributed by atoms with van der Waals surface area (Å²) in [6.07, 6.45) is 7.43. The van der Waals surface area contributed by atoms with Gasteiger partial charge in [-0.3, -0.25) is 0 Å². The molecule has 0 aliphatic heterocycles. The second-order valence-electron chi connectivity index (χ2n) is 4.57. The first kappa shape index (κ1) is 12.0. The van der Waals surface area contributed by atoms with Gasteiger partial charge in [0.1, 0.15) is 0 Å². The molecule has 82 valence electrons. The van der Waals surface area contributed by atoms with Crippen LogP contribution in [0.25, 0.3) is 0 Å². The Balaban J connectivity index is 0.000000151. The van der Waals surface area contributed by atoms with Crippen molar-refractivity contribution in [3.05, 3.63) is 48.0 Å². The largest absolute Gasteiger partial charge is 0.0854 e. The molecule has 0 bridgehead atoms. The summed E-state index contributed by atoms with van der Waals surface area (Å²) < 4.78 is 0. The van der Waals surface area contributed by atoms with Crippen LogP contribution >= 0.6 is 0 Å². The minimum Gasteiger partial charge on any atom is -0.0854 e. The zero-order chi connectivity index (χ0) is 11.1.